The number of nitrogens with zero attached hydrogens (tertiary/aromatic N) is 3. The summed E-state index contributed by atoms with van der Waals surface area (Å²) >= 11 is 0. The summed E-state index contributed by atoms with van der Waals surface area (Å²) in [6.45, 7) is 3.86. The highest BCUT2D eigenvalue weighted by molar-refractivity contribution is 5.98. The van der Waals surface area contributed by atoms with Crippen LogP contribution in [0, 0.1) is 13.8 Å². The Morgan fingerprint density at radius 3 is 1.84 bits per heavy atom. The molecule has 2 aromatic heterocycles. The lowest BCUT2D eigenvalue weighted by atomic mass is 9.90. The molecule has 0 saturated carbocycles. The molecular weight excluding hydrogens is 472 g/mol. The second kappa shape index (κ2) is 11.3. The first kappa shape index (κ1) is 24.6. The van der Waals surface area contributed by atoms with Crippen molar-refractivity contribution in [2.45, 2.75) is 19.8 Å². The average Bonchev–Trinajstić information content (AvgIpc) is 2.91. The third kappa shape index (κ3) is 6.20. The van der Waals surface area contributed by atoms with Gasteiger partial charge in [-0.3, -0.25) is 4.79 Å². The highest BCUT2D eigenvalue weighted by atomic mass is 16.1. The fraction of sp³-hybridized carbons (Fsp3) is 0.0968. The SMILES string of the molecule is Cc1ccnc(Nc2cc(Nc3ccc(NC(=O)C(c4ccccc4)c4ccccc4)cc3)nc(C)n2)c1. The van der Waals surface area contributed by atoms with E-state index in [1.54, 1.807) is 6.20 Å². The van der Waals surface area contributed by atoms with Gasteiger partial charge in [-0.2, -0.15) is 0 Å². The second-order valence-corrected chi connectivity index (χ2v) is 8.98. The Labute approximate surface area is 222 Å². The summed E-state index contributed by atoms with van der Waals surface area (Å²) in [5.74, 6) is 2.15. The molecule has 0 aliphatic heterocycles. The van der Waals surface area contributed by atoms with Crippen LogP contribution < -0.4 is 16.0 Å². The van der Waals surface area contributed by atoms with Gasteiger partial charge in [0.1, 0.15) is 23.3 Å². The van der Waals surface area contributed by atoms with Gasteiger partial charge in [0.2, 0.25) is 5.91 Å². The number of aromatic nitrogens is 3. The van der Waals surface area contributed by atoms with E-state index in [2.05, 4.69) is 30.9 Å². The summed E-state index contributed by atoms with van der Waals surface area (Å²) in [5.41, 5.74) is 4.54. The molecule has 0 saturated heterocycles. The predicted molar refractivity (Wildman–Crippen MR) is 152 cm³/mol. The molecule has 0 unspecified atom stereocenters. The molecule has 0 radical (unpaired) electrons. The van der Waals surface area contributed by atoms with Crippen LogP contribution in [-0.4, -0.2) is 20.9 Å². The van der Waals surface area contributed by atoms with Gasteiger partial charge in [0.15, 0.2) is 0 Å². The van der Waals surface area contributed by atoms with Crippen molar-refractivity contribution in [2.24, 2.45) is 0 Å². The topological polar surface area (TPSA) is 91.8 Å². The van der Waals surface area contributed by atoms with Crippen molar-refractivity contribution in [1.29, 1.82) is 0 Å². The van der Waals surface area contributed by atoms with Gasteiger partial charge >= 0.3 is 0 Å². The molecule has 0 fully saturated rings. The van der Waals surface area contributed by atoms with E-state index in [4.69, 9.17) is 0 Å². The third-order valence-electron chi connectivity index (χ3n) is 5.96. The van der Waals surface area contributed by atoms with Gasteiger partial charge in [-0.25, -0.2) is 15.0 Å². The molecular formula is C31H28N6O. The van der Waals surface area contributed by atoms with Crippen molar-refractivity contribution in [3.8, 4) is 0 Å². The van der Waals surface area contributed by atoms with Gasteiger partial charge in [-0.1, -0.05) is 60.7 Å². The summed E-state index contributed by atoms with van der Waals surface area (Å²) < 4.78 is 0. The number of hydrogen-bond acceptors (Lipinski definition) is 6. The van der Waals surface area contributed by atoms with E-state index in [1.807, 2.05) is 117 Å². The Bertz CT molecular complexity index is 1480. The van der Waals surface area contributed by atoms with Crippen LogP contribution >= 0.6 is 0 Å². The standard InChI is InChI=1S/C31H28N6O/c1-21-17-18-32-27(19-21)37-29-20-28(33-22(2)34-29)35-25-13-15-26(16-14-25)36-31(38)30(23-9-5-3-6-10-23)24-11-7-4-8-12-24/h3-20,30H,1-2H3,(H,36,38)(H2,32,33,34,35,37). The summed E-state index contributed by atoms with van der Waals surface area (Å²) in [6, 6.07) is 32.9. The molecule has 38 heavy (non-hydrogen) atoms. The summed E-state index contributed by atoms with van der Waals surface area (Å²) in [4.78, 5) is 26.7. The monoisotopic (exact) mass is 500 g/mol. The van der Waals surface area contributed by atoms with Gasteiger partial charge in [-0.05, 0) is 66.9 Å². The van der Waals surface area contributed by atoms with Crippen LogP contribution in [0.5, 0.6) is 0 Å². The molecule has 5 rings (SSSR count). The summed E-state index contributed by atoms with van der Waals surface area (Å²) in [5, 5.41) is 9.61. The van der Waals surface area contributed by atoms with Crippen molar-refractivity contribution in [2.75, 3.05) is 16.0 Å². The van der Waals surface area contributed by atoms with E-state index in [9.17, 15) is 4.79 Å². The fourth-order valence-electron chi connectivity index (χ4n) is 4.22. The molecule has 7 heteroatoms. The van der Waals surface area contributed by atoms with E-state index in [0.29, 0.717) is 23.1 Å². The number of benzene rings is 3. The highest BCUT2D eigenvalue weighted by Gasteiger charge is 2.22. The molecule has 188 valence electrons. The number of anilines is 5. The zero-order valence-electron chi connectivity index (χ0n) is 21.2. The Morgan fingerprint density at radius 2 is 1.24 bits per heavy atom. The number of nitrogens with one attached hydrogen (secondary N) is 3. The Hall–Kier alpha value is -5.04. The molecule has 7 nitrogen and oxygen atoms in total. The van der Waals surface area contributed by atoms with Crippen molar-refractivity contribution < 1.29 is 4.79 Å². The van der Waals surface area contributed by atoms with Crippen LogP contribution in [0.2, 0.25) is 0 Å². The molecule has 3 N–H and O–H groups in total. The summed E-state index contributed by atoms with van der Waals surface area (Å²) in [7, 11) is 0. The zero-order valence-corrected chi connectivity index (χ0v) is 21.2. The lowest BCUT2D eigenvalue weighted by Crippen LogP contribution is -2.22. The Balaban J connectivity index is 1.29. The number of aryl methyl sites for hydroxylation is 2. The van der Waals surface area contributed by atoms with Crippen LogP contribution in [0.15, 0.2) is 109 Å². The lowest BCUT2D eigenvalue weighted by Gasteiger charge is -2.18. The number of pyridine rings is 1. The average molecular weight is 501 g/mol. The van der Waals surface area contributed by atoms with Crippen molar-refractivity contribution in [1.82, 2.24) is 15.0 Å². The first-order valence-corrected chi connectivity index (χ1v) is 12.4. The number of carbonyl (C=O) groups excluding carboxylic acids is 1. The van der Waals surface area contributed by atoms with Gasteiger partial charge in [0.25, 0.3) is 0 Å². The van der Waals surface area contributed by atoms with Crippen LogP contribution in [0.1, 0.15) is 28.4 Å². The van der Waals surface area contributed by atoms with Crippen LogP contribution in [-0.2, 0) is 4.79 Å². The Kier molecular flexibility index (Phi) is 7.36. The quantitative estimate of drug-likeness (QED) is 0.218. The molecule has 3 aromatic carbocycles. The lowest BCUT2D eigenvalue weighted by molar-refractivity contribution is -0.116. The first-order chi connectivity index (χ1) is 18.5. The van der Waals surface area contributed by atoms with Crippen LogP contribution in [0.3, 0.4) is 0 Å². The van der Waals surface area contributed by atoms with E-state index >= 15 is 0 Å². The number of carbonyl (C=O) groups is 1. The van der Waals surface area contributed by atoms with Crippen LogP contribution in [0.4, 0.5) is 28.8 Å². The highest BCUT2D eigenvalue weighted by Crippen LogP contribution is 2.27. The van der Waals surface area contributed by atoms with Crippen LogP contribution in [0.25, 0.3) is 0 Å². The molecule has 0 atom stereocenters. The fourth-order valence-corrected chi connectivity index (χ4v) is 4.22. The minimum absolute atomic E-state index is 0.0880. The van der Waals surface area contributed by atoms with E-state index in [-0.39, 0.29) is 5.91 Å². The van der Waals surface area contributed by atoms with Crippen molar-refractivity contribution >= 4 is 34.7 Å². The van der Waals surface area contributed by atoms with Crippen molar-refractivity contribution in [3.63, 3.8) is 0 Å². The van der Waals surface area contributed by atoms with E-state index < -0.39 is 5.92 Å². The zero-order chi connectivity index (χ0) is 26.3. The minimum Gasteiger partial charge on any atom is -0.340 e. The Morgan fingerprint density at radius 1 is 0.658 bits per heavy atom. The smallest absolute Gasteiger partial charge is 0.236 e. The van der Waals surface area contributed by atoms with E-state index in [1.165, 1.54) is 0 Å². The maximum Gasteiger partial charge on any atom is 0.236 e. The third-order valence-corrected chi connectivity index (χ3v) is 5.96. The maximum atomic E-state index is 13.4. The molecule has 0 aliphatic carbocycles. The predicted octanol–water partition coefficient (Wildman–Crippen LogP) is 6.75. The van der Waals surface area contributed by atoms with Gasteiger partial charge < -0.3 is 16.0 Å². The maximum absolute atomic E-state index is 13.4. The van der Waals surface area contributed by atoms with Gasteiger partial charge in [0, 0.05) is 23.6 Å². The number of amides is 1. The van der Waals surface area contributed by atoms with Crippen molar-refractivity contribution in [3.05, 3.63) is 132 Å². The number of rotatable bonds is 8. The molecule has 1 amide bonds. The second-order valence-electron chi connectivity index (χ2n) is 8.98. The van der Waals surface area contributed by atoms with Gasteiger partial charge in [0.05, 0.1) is 5.92 Å². The first-order valence-electron chi connectivity index (χ1n) is 12.4. The molecule has 5 aromatic rings. The minimum atomic E-state index is -0.409. The normalized spacial score (nSPS) is 10.7. The van der Waals surface area contributed by atoms with E-state index in [0.717, 1.165) is 28.2 Å². The largest absolute Gasteiger partial charge is 0.340 e. The molecule has 0 spiro atoms. The van der Waals surface area contributed by atoms with Gasteiger partial charge in [-0.15, -0.1) is 0 Å². The summed E-state index contributed by atoms with van der Waals surface area (Å²) in [6.07, 6.45) is 1.76. The molecule has 0 bridgehead atoms. The molecule has 2 heterocycles. The number of hydrogen-bond donors (Lipinski definition) is 3. The molecule has 0 aliphatic rings.